The molecular formula is C25H25ClN3NaO7S2. The number of allylic oxidation sites excluding steroid dienone is 2. The second kappa shape index (κ2) is 14.1. The third-order valence-corrected chi connectivity index (χ3v) is 7.12. The van der Waals surface area contributed by atoms with Gasteiger partial charge in [-0.1, -0.05) is 29.8 Å². The quantitative estimate of drug-likeness (QED) is 0.122. The van der Waals surface area contributed by atoms with E-state index in [2.05, 4.69) is 0 Å². The summed E-state index contributed by atoms with van der Waals surface area (Å²) in [7, 11) is -4.38. The van der Waals surface area contributed by atoms with Gasteiger partial charge in [-0.3, -0.25) is 9.69 Å². The summed E-state index contributed by atoms with van der Waals surface area (Å²) in [6.45, 7) is 0.693. The minimum atomic E-state index is -4.38. The average molecular weight is 602 g/mol. The monoisotopic (exact) mass is 601 g/mol. The first-order valence-electron chi connectivity index (χ1n) is 11.7. The van der Waals surface area contributed by atoms with Gasteiger partial charge in [0.05, 0.1) is 41.3 Å². The van der Waals surface area contributed by atoms with Crippen LogP contribution >= 0.6 is 23.8 Å². The van der Waals surface area contributed by atoms with Crippen molar-refractivity contribution in [2.24, 2.45) is 0 Å². The summed E-state index contributed by atoms with van der Waals surface area (Å²) in [4.78, 5) is 18.3. The molecule has 1 saturated heterocycles. The topological polar surface area (TPSA) is 123 Å². The van der Waals surface area contributed by atoms with Crippen LogP contribution in [0.1, 0.15) is 6.42 Å². The Morgan fingerprint density at radius 2 is 1.82 bits per heavy atom. The molecule has 1 N–H and O–H groups in total. The van der Waals surface area contributed by atoms with Gasteiger partial charge in [-0.25, -0.2) is 8.42 Å². The number of nitrogens with zero attached hydrogens (tertiary/aromatic N) is 3. The zero-order valence-corrected chi connectivity index (χ0v) is 25.5. The molecule has 2 aliphatic rings. The number of hydrogen-bond donors (Lipinski definition) is 1. The number of anilines is 2. The minimum Gasteiger partial charge on any atom is -0.748 e. The molecule has 202 valence electrons. The zero-order chi connectivity index (χ0) is 27.3. The van der Waals surface area contributed by atoms with E-state index < -0.39 is 15.9 Å². The standard InChI is InChI=1S/C25H26ClN3O7S2.Na/c26-18-7-9-22-21(17-18)27(11-4-16-38(32,33)34)23(36-22)10-8-20-24(31)29(19-5-2-1-3-6-19)25(37)28(20)12-14-35-15-13-30;/h1-3,5-10,17,30H,4,11-16H2,(H,32,33,34);/q;+1/p-1/b20-8-,23-10-;. The molecule has 2 aromatic rings. The average Bonchev–Trinajstić information content (AvgIpc) is 3.33. The summed E-state index contributed by atoms with van der Waals surface area (Å²) in [5.41, 5.74) is 1.50. The third-order valence-electron chi connectivity index (χ3n) is 5.70. The van der Waals surface area contributed by atoms with Gasteiger partial charge in [0.25, 0.3) is 5.91 Å². The number of aliphatic hydroxyl groups is 1. The summed E-state index contributed by atoms with van der Waals surface area (Å²) in [5, 5.41) is 9.73. The maximum absolute atomic E-state index is 13.5. The molecule has 14 heteroatoms. The van der Waals surface area contributed by atoms with Crippen LogP contribution in [0.5, 0.6) is 5.75 Å². The van der Waals surface area contributed by atoms with E-state index in [1.807, 2.05) is 6.07 Å². The van der Waals surface area contributed by atoms with Gasteiger partial charge in [0.1, 0.15) is 5.70 Å². The molecule has 1 amide bonds. The summed E-state index contributed by atoms with van der Waals surface area (Å²) >= 11 is 11.8. The number of aliphatic hydroxyl groups excluding tert-OH is 1. The Hall–Kier alpha value is -2.00. The maximum Gasteiger partial charge on any atom is 1.00 e. The van der Waals surface area contributed by atoms with Crippen LogP contribution in [0.2, 0.25) is 5.02 Å². The number of hydrogen-bond acceptors (Lipinski definition) is 9. The molecule has 0 atom stereocenters. The molecule has 0 aromatic heterocycles. The van der Waals surface area contributed by atoms with Crippen molar-refractivity contribution in [1.29, 1.82) is 0 Å². The number of rotatable bonds is 11. The molecular weight excluding hydrogens is 577 g/mol. The molecule has 2 heterocycles. The van der Waals surface area contributed by atoms with Crippen LogP contribution < -0.4 is 44.1 Å². The Morgan fingerprint density at radius 1 is 1.08 bits per heavy atom. The van der Waals surface area contributed by atoms with E-state index in [9.17, 15) is 17.8 Å². The van der Waals surface area contributed by atoms with Gasteiger partial charge in [0, 0.05) is 29.9 Å². The van der Waals surface area contributed by atoms with E-state index in [-0.39, 0.29) is 85.6 Å². The zero-order valence-electron chi connectivity index (χ0n) is 21.2. The number of carbonyl (C=O) groups is 1. The van der Waals surface area contributed by atoms with E-state index in [0.29, 0.717) is 28.0 Å². The second-order valence-corrected chi connectivity index (χ2v) is 10.6. The van der Waals surface area contributed by atoms with Crippen molar-refractivity contribution in [2.75, 3.05) is 48.5 Å². The number of thiocarbonyl (C=S) groups is 1. The van der Waals surface area contributed by atoms with Crippen molar-refractivity contribution in [2.45, 2.75) is 6.42 Å². The Kier molecular flexibility index (Phi) is 11.4. The van der Waals surface area contributed by atoms with Gasteiger partial charge in [0.15, 0.2) is 10.9 Å². The predicted octanol–water partition coefficient (Wildman–Crippen LogP) is -0.154. The van der Waals surface area contributed by atoms with Crippen molar-refractivity contribution in [1.82, 2.24) is 4.90 Å². The number of ether oxygens (including phenoxy) is 2. The molecule has 1 fully saturated rings. The van der Waals surface area contributed by atoms with Crippen molar-refractivity contribution < 1.29 is 61.9 Å². The summed E-state index contributed by atoms with van der Waals surface area (Å²) in [6.07, 6.45) is 3.23. The van der Waals surface area contributed by atoms with Crippen molar-refractivity contribution in [3.63, 3.8) is 0 Å². The van der Waals surface area contributed by atoms with Crippen LogP contribution in [0.25, 0.3) is 0 Å². The number of fused-ring (bicyclic) bond motifs is 1. The van der Waals surface area contributed by atoms with E-state index in [4.69, 9.17) is 38.4 Å². The number of para-hydroxylation sites is 1. The predicted molar refractivity (Wildman–Crippen MR) is 146 cm³/mol. The molecule has 0 saturated carbocycles. The van der Waals surface area contributed by atoms with Gasteiger partial charge in [-0.15, -0.1) is 0 Å². The van der Waals surface area contributed by atoms with Crippen LogP contribution in [0.3, 0.4) is 0 Å². The number of halogens is 1. The van der Waals surface area contributed by atoms with Crippen molar-refractivity contribution in [3.8, 4) is 5.75 Å². The molecule has 0 unspecified atom stereocenters. The van der Waals surface area contributed by atoms with Gasteiger partial charge in [-0.05, 0) is 55.0 Å². The van der Waals surface area contributed by atoms with E-state index in [0.717, 1.165) is 0 Å². The number of carbonyl (C=O) groups excluding carboxylic acids is 1. The normalized spacial score (nSPS) is 17.2. The number of amides is 1. The van der Waals surface area contributed by atoms with Crippen LogP contribution in [-0.2, 0) is 19.6 Å². The fourth-order valence-corrected chi connectivity index (χ4v) is 5.05. The van der Waals surface area contributed by atoms with Gasteiger partial charge in [-0.2, -0.15) is 0 Å². The molecule has 4 rings (SSSR count). The fourth-order valence-electron chi connectivity index (χ4n) is 4.02. The second-order valence-electron chi connectivity index (χ2n) is 8.28. The van der Waals surface area contributed by atoms with Crippen LogP contribution in [-0.4, -0.2) is 72.7 Å². The summed E-state index contributed by atoms with van der Waals surface area (Å²) in [5.74, 6) is -0.0552. The van der Waals surface area contributed by atoms with Crippen LogP contribution in [0, 0.1) is 0 Å². The summed E-state index contributed by atoms with van der Waals surface area (Å²) < 4.78 is 44.7. The smallest absolute Gasteiger partial charge is 0.748 e. The first kappa shape index (κ1) is 31.5. The van der Waals surface area contributed by atoms with E-state index >= 15 is 0 Å². The molecule has 2 aromatic carbocycles. The molecule has 10 nitrogen and oxygen atoms in total. The number of benzene rings is 2. The van der Waals surface area contributed by atoms with Crippen molar-refractivity contribution in [3.05, 3.63) is 77.3 Å². The summed E-state index contributed by atoms with van der Waals surface area (Å²) in [6, 6.07) is 14.0. The van der Waals surface area contributed by atoms with Gasteiger partial charge in [0.2, 0.25) is 5.88 Å². The Bertz CT molecular complexity index is 1370. The Balaban J connectivity index is 0.00000420. The molecule has 0 spiro atoms. The molecule has 0 aliphatic carbocycles. The SMILES string of the molecule is O=C1/C(=C/C=C2\Oc3ccc(Cl)cc3N2CCCS(=O)(=O)[O-])N(CCOCCO)C(=S)N1c1ccccc1.[Na+]. The Labute approximate surface area is 259 Å². The molecule has 0 radical (unpaired) electrons. The fraction of sp³-hybridized carbons (Fsp3) is 0.280. The van der Waals surface area contributed by atoms with Gasteiger partial charge < -0.3 is 28.9 Å². The van der Waals surface area contributed by atoms with Crippen LogP contribution in [0.4, 0.5) is 11.4 Å². The first-order valence-corrected chi connectivity index (χ1v) is 14.1. The molecule has 0 bridgehead atoms. The van der Waals surface area contributed by atoms with Crippen LogP contribution in [0.15, 0.2) is 72.3 Å². The Morgan fingerprint density at radius 3 is 2.51 bits per heavy atom. The minimum absolute atomic E-state index is 0. The molecule has 2 aliphatic heterocycles. The largest absolute Gasteiger partial charge is 1.00 e. The van der Waals surface area contributed by atoms with Gasteiger partial charge >= 0.3 is 29.6 Å². The first-order chi connectivity index (χ1) is 18.2. The van der Waals surface area contributed by atoms with Crippen molar-refractivity contribution >= 4 is 56.3 Å². The van der Waals surface area contributed by atoms with E-state index in [1.54, 1.807) is 64.4 Å². The maximum atomic E-state index is 13.5. The van der Waals surface area contributed by atoms with E-state index in [1.165, 1.54) is 4.90 Å². The third kappa shape index (κ3) is 7.81. The molecule has 39 heavy (non-hydrogen) atoms.